The molecule has 0 bridgehead atoms. The van der Waals surface area contributed by atoms with E-state index in [9.17, 15) is 4.79 Å². The molecule has 1 unspecified atom stereocenters. The van der Waals surface area contributed by atoms with E-state index in [0.717, 1.165) is 11.1 Å². The second-order valence-corrected chi connectivity index (χ2v) is 4.87. The summed E-state index contributed by atoms with van der Waals surface area (Å²) in [4.78, 5) is 12.1. The van der Waals surface area contributed by atoms with Crippen molar-refractivity contribution in [3.8, 4) is 0 Å². The number of rotatable bonds is 5. The van der Waals surface area contributed by atoms with Gasteiger partial charge in [-0.2, -0.15) is 0 Å². The van der Waals surface area contributed by atoms with Crippen LogP contribution in [-0.2, 0) is 16.1 Å². The molecule has 0 aliphatic carbocycles. The summed E-state index contributed by atoms with van der Waals surface area (Å²) in [6, 6.07) is 16.6. The summed E-state index contributed by atoms with van der Waals surface area (Å²) in [7, 11) is 0. The molecule has 2 aromatic rings. The van der Waals surface area contributed by atoms with E-state index in [1.54, 1.807) is 12.1 Å². The molecule has 0 saturated carbocycles. The van der Waals surface area contributed by atoms with E-state index in [1.165, 1.54) is 0 Å². The van der Waals surface area contributed by atoms with Gasteiger partial charge in [0.15, 0.2) is 0 Å². The van der Waals surface area contributed by atoms with E-state index in [1.807, 2.05) is 42.5 Å². The molecule has 0 radical (unpaired) electrons. The molecule has 0 aliphatic heterocycles. The van der Waals surface area contributed by atoms with Crippen LogP contribution in [0.15, 0.2) is 54.6 Å². The monoisotopic (exact) mass is 289 g/mol. The highest BCUT2D eigenvalue weighted by Crippen LogP contribution is 2.17. The van der Waals surface area contributed by atoms with Gasteiger partial charge in [-0.25, -0.2) is 0 Å². The fourth-order valence-corrected chi connectivity index (χ4v) is 2.02. The van der Waals surface area contributed by atoms with Crippen LogP contribution in [-0.4, -0.2) is 12.5 Å². The molecule has 0 amide bonds. The minimum absolute atomic E-state index is 0.222. The molecule has 0 aromatic heterocycles. The molecule has 2 aromatic carbocycles. The van der Waals surface area contributed by atoms with Crippen molar-refractivity contribution in [3.05, 3.63) is 70.7 Å². The zero-order valence-corrected chi connectivity index (χ0v) is 11.7. The number of nitrogens with two attached hydrogens (primary N) is 1. The molecular formula is C16H16ClNO2. The average molecular weight is 290 g/mol. The van der Waals surface area contributed by atoms with E-state index in [4.69, 9.17) is 22.1 Å². The number of carbonyl (C=O) groups is 1. The zero-order valence-electron chi connectivity index (χ0n) is 11.0. The molecule has 0 heterocycles. The first-order valence-corrected chi connectivity index (χ1v) is 6.74. The molecule has 0 fully saturated rings. The first-order chi connectivity index (χ1) is 9.70. The Labute approximate surface area is 123 Å². The minimum Gasteiger partial charge on any atom is -0.460 e. The number of hydrogen-bond acceptors (Lipinski definition) is 3. The zero-order chi connectivity index (χ0) is 14.4. The number of carbonyl (C=O) groups excluding carboxylic acids is 1. The average Bonchev–Trinajstić information content (AvgIpc) is 2.48. The molecule has 1 atom stereocenters. The molecule has 104 valence electrons. The molecule has 0 aliphatic rings. The number of hydrogen-bond donors (Lipinski definition) is 1. The Balaban J connectivity index is 1.98. The standard InChI is InChI=1S/C16H16ClNO2/c17-14-8-6-12(7-9-14)11-20-16(19)15(10-18)13-4-2-1-3-5-13/h1-9,15H,10-11,18H2. The van der Waals surface area contributed by atoms with Gasteiger partial charge in [0.2, 0.25) is 0 Å². The molecular weight excluding hydrogens is 274 g/mol. The lowest BCUT2D eigenvalue weighted by Gasteiger charge is -2.14. The maximum Gasteiger partial charge on any atom is 0.315 e. The summed E-state index contributed by atoms with van der Waals surface area (Å²) >= 11 is 5.80. The fraction of sp³-hybridized carbons (Fsp3) is 0.188. The molecule has 20 heavy (non-hydrogen) atoms. The topological polar surface area (TPSA) is 52.3 Å². The third-order valence-electron chi connectivity index (χ3n) is 3.02. The minimum atomic E-state index is -0.427. The molecule has 3 nitrogen and oxygen atoms in total. The molecule has 2 rings (SSSR count). The van der Waals surface area contributed by atoms with Gasteiger partial charge in [0.25, 0.3) is 0 Å². The van der Waals surface area contributed by atoms with Crippen LogP contribution in [0.25, 0.3) is 0 Å². The Morgan fingerprint density at radius 3 is 2.35 bits per heavy atom. The lowest BCUT2D eigenvalue weighted by atomic mass is 10.00. The third kappa shape index (κ3) is 3.83. The van der Waals surface area contributed by atoms with Gasteiger partial charge < -0.3 is 10.5 Å². The van der Waals surface area contributed by atoms with Gasteiger partial charge in [0.1, 0.15) is 6.61 Å². The highest BCUT2D eigenvalue weighted by molar-refractivity contribution is 6.30. The summed E-state index contributed by atoms with van der Waals surface area (Å²) in [5.41, 5.74) is 7.44. The molecule has 0 spiro atoms. The molecule has 0 saturated heterocycles. The lowest BCUT2D eigenvalue weighted by Crippen LogP contribution is -2.23. The Morgan fingerprint density at radius 2 is 1.75 bits per heavy atom. The van der Waals surface area contributed by atoms with Gasteiger partial charge in [-0.15, -0.1) is 0 Å². The Morgan fingerprint density at radius 1 is 1.10 bits per heavy atom. The van der Waals surface area contributed by atoms with E-state index < -0.39 is 5.92 Å². The van der Waals surface area contributed by atoms with Crippen LogP contribution >= 0.6 is 11.6 Å². The smallest absolute Gasteiger partial charge is 0.315 e. The number of esters is 1. The van der Waals surface area contributed by atoms with Crippen molar-refractivity contribution >= 4 is 17.6 Å². The second kappa shape index (κ2) is 7.08. The van der Waals surface area contributed by atoms with Crippen molar-refractivity contribution in [2.45, 2.75) is 12.5 Å². The SMILES string of the molecule is NCC(C(=O)OCc1ccc(Cl)cc1)c1ccccc1. The van der Waals surface area contributed by atoms with Crippen LogP contribution in [0.2, 0.25) is 5.02 Å². The summed E-state index contributed by atoms with van der Waals surface area (Å²) in [5, 5.41) is 0.657. The number of benzene rings is 2. The van der Waals surface area contributed by atoms with Gasteiger partial charge >= 0.3 is 5.97 Å². The van der Waals surface area contributed by atoms with Crippen molar-refractivity contribution in [2.75, 3.05) is 6.54 Å². The fourth-order valence-electron chi connectivity index (χ4n) is 1.89. The van der Waals surface area contributed by atoms with E-state index in [0.29, 0.717) is 5.02 Å². The van der Waals surface area contributed by atoms with Gasteiger partial charge in [0, 0.05) is 11.6 Å². The largest absolute Gasteiger partial charge is 0.460 e. The third-order valence-corrected chi connectivity index (χ3v) is 3.27. The number of ether oxygens (including phenoxy) is 1. The lowest BCUT2D eigenvalue weighted by molar-refractivity contribution is -0.146. The molecule has 2 N–H and O–H groups in total. The highest BCUT2D eigenvalue weighted by Gasteiger charge is 2.20. The quantitative estimate of drug-likeness (QED) is 0.861. The predicted molar refractivity (Wildman–Crippen MR) is 79.5 cm³/mol. The molecule has 4 heteroatoms. The van der Waals surface area contributed by atoms with Crippen LogP contribution in [0.5, 0.6) is 0 Å². The Bertz CT molecular complexity index is 554. The Hall–Kier alpha value is -1.84. The van der Waals surface area contributed by atoms with Crippen molar-refractivity contribution in [1.82, 2.24) is 0 Å². The summed E-state index contributed by atoms with van der Waals surface area (Å²) in [6.07, 6.45) is 0. The summed E-state index contributed by atoms with van der Waals surface area (Å²) in [6.45, 7) is 0.447. The van der Waals surface area contributed by atoms with Gasteiger partial charge in [-0.3, -0.25) is 4.79 Å². The predicted octanol–water partition coefficient (Wildman–Crippen LogP) is 3.13. The van der Waals surface area contributed by atoms with Crippen molar-refractivity contribution in [2.24, 2.45) is 5.73 Å². The van der Waals surface area contributed by atoms with E-state index in [-0.39, 0.29) is 19.1 Å². The van der Waals surface area contributed by atoms with Crippen LogP contribution in [0, 0.1) is 0 Å². The van der Waals surface area contributed by atoms with Gasteiger partial charge in [-0.1, -0.05) is 54.1 Å². The Kier molecular flexibility index (Phi) is 5.16. The first-order valence-electron chi connectivity index (χ1n) is 6.37. The maximum absolute atomic E-state index is 12.1. The van der Waals surface area contributed by atoms with Crippen LogP contribution in [0.3, 0.4) is 0 Å². The van der Waals surface area contributed by atoms with E-state index >= 15 is 0 Å². The first kappa shape index (κ1) is 14.6. The summed E-state index contributed by atoms with van der Waals surface area (Å²) in [5.74, 6) is -0.739. The van der Waals surface area contributed by atoms with Gasteiger partial charge in [-0.05, 0) is 23.3 Å². The second-order valence-electron chi connectivity index (χ2n) is 4.43. The highest BCUT2D eigenvalue weighted by atomic mass is 35.5. The van der Waals surface area contributed by atoms with Crippen molar-refractivity contribution in [3.63, 3.8) is 0 Å². The van der Waals surface area contributed by atoms with E-state index in [2.05, 4.69) is 0 Å². The normalized spacial score (nSPS) is 11.9. The van der Waals surface area contributed by atoms with Crippen LogP contribution in [0.1, 0.15) is 17.0 Å². The van der Waals surface area contributed by atoms with Crippen molar-refractivity contribution < 1.29 is 9.53 Å². The van der Waals surface area contributed by atoms with Crippen LogP contribution < -0.4 is 5.73 Å². The van der Waals surface area contributed by atoms with Crippen LogP contribution in [0.4, 0.5) is 0 Å². The van der Waals surface area contributed by atoms with Gasteiger partial charge in [0.05, 0.1) is 5.92 Å². The summed E-state index contributed by atoms with van der Waals surface area (Å²) < 4.78 is 5.31. The number of halogens is 1. The maximum atomic E-state index is 12.1. The van der Waals surface area contributed by atoms with Crippen molar-refractivity contribution in [1.29, 1.82) is 0 Å².